The summed E-state index contributed by atoms with van der Waals surface area (Å²) in [4.78, 5) is 12.4. The fourth-order valence-electron chi connectivity index (χ4n) is 2.93. The van der Waals surface area contributed by atoms with Crippen LogP contribution in [0.25, 0.3) is 0 Å². The molecule has 0 bridgehead atoms. The number of hydrogen-bond acceptors (Lipinski definition) is 1. The highest BCUT2D eigenvalue weighted by Crippen LogP contribution is 2.42. The average molecular weight is 426 g/mol. The first-order chi connectivity index (χ1) is 10.4. The van der Waals surface area contributed by atoms with Crippen LogP contribution >= 0.6 is 31.9 Å². The Bertz CT molecular complexity index is 602. The van der Waals surface area contributed by atoms with Gasteiger partial charge < -0.3 is 5.11 Å². The quantitative estimate of drug-likeness (QED) is 0.673. The Kier molecular flexibility index (Phi) is 5.45. The molecule has 2 rings (SSSR count). The van der Waals surface area contributed by atoms with Crippen LogP contribution in [0.15, 0.2) is 57.5 Å². The van der Waals surface area contributed by atoms with E-state index in [1.54, 1.807) is 0 Å². The maximum Gasteiger partial charge on any atom is 0.318 e. The molecule has 0 aliphatic rings. The molecule has 2 nitrogen and oxygen atoms in total. The first kappa shape index (κ1) is 17.2. The van der Waals surface area contributed by atoms with Crippen molar-refractivity contribution in [3.8, 4) is 0 Å². The van der Waals surface area contributed by atoms with Crippen molar-refractivity contribution >= 4 is 37.8 Å². The van der Waals surface area contributed by atoms with Gasteiger partial charge in [0.1, 0.15) is 5.41 Å². The van der Waals surface area contributed by atoms with Gasteiger partial charge in [-0.3, -0.25) is 4.79 Å². The Balaban J connectivity index is 2.74. The van der Waals surface area contributed by atoms with Gasteiger partial charge in [-0.15, -0.1) is 0 Å². The normalized spacial score (nSPS) is 12.9. The second kappa shape index (κ2) is 6.97. The van der Waals surface area contributed by atoms with Crippen molar-refractivity contribution in [1.29, 1.82) is 0 Å². The summed E-state index contributed by atoms with van der Waals surface area (Å²) >= 11 is 6.83. The van der Waals surface area contributed by atoms with Gasteiger partial charge in [-0.2, -0.15) is 0 Å². The number of halogens is 2. The van der Waals surface area contributed by atoms with Crippen LogP contribution in [0.3, 0.4) is 0 Å². The Hall–Kier alpha value is -1.13. The number of carboxylic acids is 1. The van der Waals surface area contributed by atoms with Gasteiger partial charge in [-0.1, -0.05) is 76.4 Å². The molecule has 0 spiro atoms. The zero-order valence-corrected chi connectivity index (χ0v) is 15.7. The second-order valence-corrected chi connectivity index (χ2v) is 7.27. The van der Waals surface area contributed by atoms with E-state index >= 15 is 0 Å². The molecule has 4 heteroatoms. The third kappa shape index (κ3) is 2.99. The largest absolute Gasteiger partial charge is 0.480 e. The van der Waals surface area contributed by atoms with Crippen molar-refractivity contribution in [3.63, 3.8) is 0 Å². The van der Waals surface area contributed by atoms with Crippen molar-refractivity contribution in [2.24, 2.45) is 5.92 Å². The molecule has 0 aromatic heterocycles. The predicted molar refractivity (Wildman–Crippen MR) is 96.2 cm³/mol. The predicted octanol–water partition coefficient (Wildman–Crippen LogP) is 5.63. The SMILES string of the molecule is CCC(C)C(C(=O)O)(c1ccc(Br)cc1)c1ccc(Br)cc1. The van der Waals surface area contributed by atoms with Crippen molar-refractivity contribution < 1.29 is 9.90 Å². The van der Waals surface area contributed by atoms with E-state index in [0.29, 0.717) is 0 Å². The lowest BCUT2D eigenvalue weighted by Crippen LogP contribution is -2.43. The highest BCUT2D eigenvalue weighted by molar-refractivity contribution is 9.10. The average Bonchev–Trinajstić information content (AvgIpc) is 2.50. The van der Waals surface area contributed by atoms with Crippen LogP contribution in [0.1, 0.15) is 31.4 Å². The molecule has 0 radical (unpaired) electrons. The van der Waals surface area contributed by atoms with Crippen LogP contribution in [0.4, 0.5) is 0 Å². The molecule has 2 aromatic rings. The molecule has 2 aromatic carbocycles. The van der Waals surface area contributed by atoms with Gasteiger partial charge in [0.25, 0.3) is 0 Å². The minimum absolute atomic E-state index is 0.0349. The summed E-state index contributed by atoms with van der Waals surface area (Å²) in [7, 11) is 0. The van der Waals surface area contributed by atoms with E-state index in [1.807, 2.05) is 62.4 Å². The first-order valence-electron chi connectivity index (χ1n) is 7.18. The molecule has 1 N–H and O–H groups in total. The van der Waals surface area contributed by atoms with Crippen LogP contribution in [-0.4, -0.2) is 11.1 Å². The van der Waals surface area contributed by atoms with Crippen LogP contribution in [0, 0.1) is 5.92 Å². The molecule has 0 saturated carbocycles. The molecule has 0 aliphatic carbocycles. The molecule has 0 amide bonds. The van der Waals surface area contributed by atoms with Crippen LogP contribution in [0.5, 0.6) is 0 Å². The lowest BCUT2D eigenvalue weighted by molar-refractivity contribution is -0.144. The Labute approximate surface area is 147 Å². The first-order valence-corrected chi connectivity index (χ1v) is 8.77. The number of carbonyl (C=O) groups is 1. The summed E-state index contributed by atoms with van der Waals surface area (Å²) < 4.78 is 1.88. The van der Waals surface area contributed by atoms with E-state index in [2.05, 4.69) is 31.9 Å². The molecule has 22 heavy (non-hydrogen) atoms. The van der Waals surface area contributed by atoms with Gasteiger partial charge in [-0.05, 0) is 41.3 Å². The van der Waals surface area contributed by atoms with Crippen molar-refractivity contribution in [3.05, 3.63) is 68.6 Å². The van der Waals surface area contributed by atoms with E-state index in [4.69, 9.17) is 0 Å². The molecular formula is C18H18Br2O2. The van der Waals surface area contributed by atoms with Crippen molar-refractivity contribution in [1.82, 2.24) is 0 Å². The monoisotopic (exact) mass is 424 g/mol. The molecule has 0 saturated heterocycles. The van der Waals surface area contributed by atoms with E-state index < -0.39 is 11.4 Å². The molecule has 0 fully saturated rings. The lowest BCUT2D eigenvalue weighted by Gasteiger charge is -2.36. The smallest absolute Gasteiger partial charge is 0.318 e. The number of benzene rings is 2. The second-order valence-electron chi connectivity index (χ2n) is 5.44. The minimum atomic E-state index is -1.05. The van der Waals surface area contributed by atoms with Gasteiger partial charge >= 0.3 is 5.97 Å². The number of rotatable bonds is 5. The molecule has 1 atom stereocenters. The zero-order valence-electron chi connectivity index (χ0n) is 12.5. The highest BCUT2D eigenvalue weighted by atomic mass is 79.9. The van der Waals surface area contributed by atoms with E-state index in [1.165, 1.54) is 0 Å². The molecular weight excluding hydrogens is 408 g/mol. The van der Waals surface area contributed by atoms with Gasteiger partial charge in [0.15, 0.2) is 0 Å². The Morgan fingerprint density at radius 3 is 1.64 bits per heavy atom. The summed E-state index contributed by atoms with van der Waals surface area (Å²) in [5.74, 6) is -0.848. The lowest BCUT2D eigenvalue weighted by atomic mass is 9.65. The molecule has 0 aliphatic heterocycles. The van der Waals surface area contributed by atoms with Crippen LogP contribution < -0.4 is 0 Å². The molecule has 1 unspecified atom stereocenters. The maximum absolute atomic E-state index is 12.4. The molecule has 0 heterocycles. The van der Waals surface area contributed by atoms with Crippen LogP contribution in [0.2, 0.25) is 0 Å². The summed E-state index contributed by atoms with van der Waals surface area (Å²) in [6, 6.07) is 15.2. The van der Waals surface area contributed by atoms with E-state index in [-0.39, 0.29) is 5.92 Å². The van der Waals surface area contributed by atoms with E-state index in [0.717, 1.165) is 26.5 Å². The van der Waals surface area contributed by atoms with Gasteiger partial charge in [0.2, 0.25) is 0 Å². The topological polar surface area (TPSA) is 37.3 Å². The van der Waals surface area contributed by atoms with Crippen LogP contribution in [-0.2, 0) is 10.2 Å². The zero-order chi connectivity index (χ0) is 16.3. The summed E-state index contributed by atoms with van der Waals surface area (Å²) in [5.41, 5.74) is 0.565. The van der Waals surface area contributed by atoms with Crippen molar-refractivity contribution in [2.75, 3.05) is 0 Å². The summed E-state index contributed by atoms with van der Waals surface area (Å²) in [6.07, 6.45) is 0.776. The van der Waals surface area contributed by atoms with Gasteiger partial charge in [0.05, 0.1) is 0 Å². The molecule has 116 valence electrons. The summed E-state index contributed by atoms with van der Waals surface area (Å²) in [5, 5.41) is 10.1. The third-order valence-electron chi connectivity index (χ3n) is 4.29. The van der Waals surface area contributed by atoms with Crippen molar-refractivity contribution in [2.45, 2.75) is 25.7 Å². The summed E-state index contributed by atoms with van der Waals surface area (Å²) in [6.45, 7) is 4.03. The number of aliphatic carboxylic acids is 1. The minimum Gasteiger partial charge on any atom is -0.480 e. The third-order valence-corrected chi connectivity index (χ3v) is 5.35. The fourth-order valence-corrected chi connectivity index (χ4v) is 3.45. The van der Waals surface area contributed by atoms with Gasteiger partial charge in [-0.25, -0.2) is 0 Å². The van der Waals surface area contributed by atoms with E-state index in [9.17, 15) is 9.90 Å². The highest BCUT2D eigenvalue weighted by Gasteiger charge is 2.46. The Morgan fingerprint density at radius 2 is 1.36 bits per heavy atom. The Morgan fingerprint density at radius 1 is 1.00 bits per heavy atom. The standard InChI is InChI=1S/C18H18Br2O2/c1-3-12(2)18(17(21)22,13-4-8-15(19)9-5-13)14-6-10-16(20)11-7-14/h4-12H,3H2,1-2H3,(H,21,22). The number of carboxylic acid groups (broad SMARTS) is 1. The fraction of sp³-hybridized carbons (Fsp3) is 0.278. The number of hydrogen-bond donors (Lipinski definition) is 1. The maximum atomic E-state index is 12.4. The van der Waals surface area contributed by atoms with Gasteiger partial charge in [0, 0.05) is 8.95 Å².